The van der Waals surface area contributed by atoms with E-state index in [4.69, 9.17) is 22.1 Å². The van der Waals surface area contributed by atoms with Crippen molar-refractivity contribution in [3.63, 3.8) is 0 Å². The third kappa shape index (κ3) is 4.19. The second-order valence-electron chi connectivity index (χ2n) is 9.05. The van der Waals surface area contributed by atoms with Crippen LogP contribution in [-0.4, -0.2) is 28.4 Å². The van der Waals surface area contributed by atoms with Crippen molar-refractivity contribution in [1.82, 2.24) is 9.88 Å². The maximum absolute atomic E-state index is 13.7. The average Bonchev–Trinajstić information content (AvgIpc) is 3.43. The van der Waals surface area contributed by atoms with Gasteiger partial charge in [-0.25, -0.2) is 4.98 Å². The van der Waals surface area contributed by atoms with Crippen molar-refractivity contribution >= 4 is 23.3 Å². The number of anilines is 1. The third-order valence-electron chi connectivity index (χ3n) is 6.92. The zero-order valence-electron chi connectivity index (χ0n) is 18.2. The van der Waals surface area contributed by atoms with E-state index in [-0.39, 0.29) is 18.1 Å². The zero-order chi connectivity index (χ0) is 22.2. The molecule has 1 saturated carbocycles. The van der Waals surface area contributed by atoms with E-state index in [2.05, 4.69) is 22.0 Å². The highest BCUT2D eigenvalue weighted by atomic mass is 35.5. The van der Waals surface area contributed by atoms with Crippen molar-refractivity contribution in [3.05, 3.63) is 82.0 Å². The first-order chi connectivity index (χ1) is 15.5. The van der Waals surface area contributed by atoms with Gasteiger partial charge in [-0.15, -0.1) is 0 Å². The highest BCUT2D eigenvalue weighted by Crippen LogP contribution is 2.45. The van der Waals surface area contributed by atoms with Gasteiger partial charge in [0.25, 0.3) is 5.91 Å². The minimum Gasteiger partial charge on any atom is -0.383 e. The Labute approximate surface area is 193 Å². The fourth-order valence-electron chi connectivity index (χ4n) is 5.05. The second-order valence-corrected chi connectivity index (χ2v) is 9.49. The summed E-state index contributed by atoms with van der Waals surface area (Å²) in [6, 6.07) is 15.8. The van der Waals surface area contributed by atoms with Crippen LogP contribution in [0.4, 0.5) is 5.82 Å². The topological polar surface area (TPSA) is 68.5 Å². The van der Waals surface area contributed by atoms with Gasteiger partial charge in [-0.3, -0.25) is 4.79 Å². The molecule has 0 spiro atoms. The van der Waals surface area contributed by atoms with E-state index >= 15 is 0 Å². The second kappa shape index (κ2) is 8.72. The zero-order valence-corrected chi connectivity index (χ0v) is 19.0. The molecule has 1 saturated heterocycles. The Bertz CT molecular complexity index is 1080. The molecular weight excluding hydrogens is 422 g/mol. The van der Waals surface area contributed by atoms with Crippen LogP contribution < -0.4 is 5.73 Å². The number of carbonyl (C=O) groups excluding carboxylic acids is 1. The molecule has 5 rings (SSSR count). The number of ether oxygens (including phenoxy) is 1. The molecule has 0 bridgehead atoms. The first-order valence-electron chi connectivity index (χ1n) is 11.3. The number of benzene rings is 1. The summed E-state index contributed by atoms with van der Waals surface area (Å²) in [5, 5.41) is 0.740. The lowest BCUT2D eigenvalue weighted by Gasteiger charge is -2.24. The Kier molecular flexibility index (Phi) is 5.78. The Morgan fingerprint density at radius 2 is 1.94 bits per heavy atom. The van der Waals surface area contributed by atoms with Gasteiger partial charge in [0.15, 0.2) is 0 Å². The molecule has 2 fully saturated rings. The Morgan fingerprint density at radius 3 is 2.69 bits per heavy atom. The molecule has 1 aliphatic carbocycles. The summed E-state index contributed by atoms with van der Waals surface area (Å²) in [6.45, 7) is 3.18. The van der Waals surface area contributed by atoms with Crippen molar-refractivity contribution in [2.45, 2.75) is 50.9 Å². The molecule has 2 aliphatic heterocycles. The van der Waals surface area contributed by atoms with Crippen molar-refractivity contribution < 1.29 is 9.53 Å². The van der Waals surface area contributed by atoms with Gasteiger partial charge in [-0.2, -0.15) is 0 Å². The van der Waals surface area contributed by atoms with Gasteiger partial charge < -0.3 is 15.4 Å². The number of likely N-dealkylation sites (tertiary alicyclic amines) is 1. The Balaban J connectivity index is 1.47. The van der Waals surface area contributed by atoms with Gasteiger partial charge in [0.05, 0.1) is 12.7 Å². The molecule has 2 aromatic rings. The van der Waals surface area contributed by atoms with Crippen LogP contribution in [-0.2, 0) is 11.3 Å². The summed E-state index contributed by atoms with van der Waals surface area (Å²) < 4.78 is 5.75. The van der Waals surface area contributed by atoms with Crippen molar-refractivity contribution in [1.29, 1.82) is 0 Å². The summed E-state index contributed by atoms with van der Waals surface area (Å²) in [6.07, 6.45) is 4.96. The first-order valence-corrected chi connectivity index (χ1v) is 11.7. The van der Waals surface area contributed by atoms with Gasteiger partial charge in [0.1, 0.15) is 5.82 Å². The molecule has 1 aromatic heterocycles. The molecular formula is C26H28ClN3O2. The van der Waals surface area contributed by atoms with Crippen molar-refractivity contribution in [3.8, 4) is 0 Å². The molecule has 5 nitrogen and oxygen atoms in total. The minimum atomic E-state index is -0.104. The van der Waals surface area contributed by atoms with Gasteiger partial charge in [-0.1, -0.05) is 29.8 Å². The Morgan fingerprint density at radius 1 is 1.16 bits per heavy atom. The number of rotatable bonds is 3. The fourth-order valence-corrected chi connectivity index (χ4v) is 5.17. The van der Waals surface area contributed by atoms with Crippen LogP contribution >= 0.6 is 11.6 Å². The fraction of sp³-hybridized carbons (Fsp3) is 0.385. The lowest BCUT2D eigenvalue weighted by molar-refractivity contribution is 0.0719. The number of fused-ring (bicyclic) bond motifs is 1. The smallest absolute Gasteiger partial charge is 0.254 e. The summed E-state index contributed by atoms with van der Waals surface area (Å²) in [4.78, 5) is 20.1. The van der Waals surface area contributed by atoms with Crippen LogP contribution in [0.5, 0.6) is 0 Å². The van der Waals surface area contributed by atoms with E-state index < -0.39 is 0 Å². The van der Waals surface area contributed by atoms with E-state index in [1.165, 1.54) is 18.4 Å². The van der Waals surface area contributed by atoms with Crippen LogP contribution in [0.2, 0.25) is 5.02 Å². The number of aromatic nitrogens is 1. The highest BCUT2D eigenvalue weighted by Gasteiger charge is 2.44. The number of hydrogen-bond acceptors (Lipinski definition) is 4. The van der Waals surface area contributed by atoms with Crippen LogP contribution in [0.15, 0.2) is 54.7 Å². The molecule has 3 heterocycles. The van der Waals surface area contributed by atoms with E-state index in [1.807, 2.05) is 37.3 Å². The highest BCUT2D eigenvalue weighted by molar-refractivity contribution is 6.30. The van der Waals surface area contributed by atoms with Crippen LogP contribution in [0, 0.1) is 5.92 Å². The summed E-state index contributed by atoms with van der Waals surface area (Å²) >= 11 is 6.08. The lowest BCUT2D eigenvalue weighted by Crippen LogP contribution is -2.36. The van der Waals surface area contributed by atoms with Crippen molar-refractivity contribution in [2.24, 2.45) is 5.92 Å². The van der Waals surface area contributed by atoms with Gasteiger partial charge in [0, 0.05) is 40.9 Å². The quantitative estimate of drug-likeness (QED) is 0.677. The molecule has 32 heavy (non-hydrogen) atoms. The predicted octanol–water partition coefficient (Wildman–Crippen LogP) is 5.44. The SMILES string of the molecule is C[C@H]1OCc2ccc(C(=O)N3CC(c4ccc(Cl)cc4)C[C@H]3C3CC3)cccnc(N)c21. The van der Waals surface area contributed by atoms with Gasteiger partial charge in [0.2, 0.25) is 0 Å². The number of halogens is 1. The number of nitrogen functional groups attached to an aromatic ring is 1. The lowest BCUT2D eigenvalue weighted by atomic mass is 9.95. The molecule has 1 amide bonds. The predicted molar refractivity (Wildman–Crippen MR) is 126 cm³/mol. The average molecular weight is 450 g/mol. The maximum Gasteiger partial charge on any atom is 0.254 e. The largest absolute Gasteiger partial charge is 0.383 e. The third-order valence-corrected chi connectivity index (χ3v) is 7.17. The number of nitrogens with two attached hydrogens (primary N) is 1. The standard InChI is InChI=1S/C26H28ClN3O2/c1-16-24-20(15-32-16)7-6-19(3-2-12-29-25(24)28)26(31)30-14-21(13-23(30)18-4-5-18)17-8-10-22(27)11-9-17/h2-3,6-12,16,18,21,23H,4-5,13-15H2,1H3,(H2,28,29)/t16-,21?,23+/m1/s1. The summed E-state index contributed by atoms with van der Waals surface area (Å²) in [5.41, 5.74) is 9.95. The monoisotopic (exact) mass is 449 g/mol. The van der Waals surface area contributed by atoms with Gasteiger partial charge in [-0.05, 0) is 73.6 Å². The van der Waals surface area contributed by atoms with Gasteiger partial charge >= 0.3 is 0 Å². The number of hydrogen-bond donors (Lipinski definition) is 1. The maximum atomic E-state index is 13.7. The first kappa shape index (κ1) is 21.2. The van der Waals surface area contributed by atoms with E-state index in [9.17, 15) is 4.79 Å². The summed E-state index contributed by atoms with van der Waals surface area (Å²) in [5.74, 6) is 1.49. The van der Waals surface area contributed by atoms with Crippen LogP contribution in [0.25, 0.3) is 0 Å². The summed E-state index contributed by atoms with van der Waals surface area (Å²) in [7, 11) is 0. The Hall–Kier alpha value is -2.63. The molecule has 3 atom stereocenters. The molecule has 6 heteroatoms. The number of nitrogens with zero attached hydrogens (tertiary/aromatic N) is 2. The molecule has 3 aliphatic rings. The molecule has 1 aromatic carbocycles. The molecule has 2 N–H and O–H groups in total. The number of carbonyl (C=O) groups is 1. The molecule has 1 unspecified atom stereocenters. The van der Waals surface area contributed by atoms with Crippen LogP contribution in [0.3, 0.4) is 0 Å². The van der Waals surface area contributed by atoms with E-state index in [0.29, 0.717) is 29.8 Å². The molecule has 166 valence electrons. The molecule has 0 radical (unpaired) electrons. The number of amides is 1. The van der Waals surface area contributed by atoms with E-state index in [1.54, 1.807) is 12.3 Å². The van der Waals surface area contributed by atoms with E-state index in [0.717, 1.165) is 29.1 Å². The normalized spacial score (nSPS) is 24.2. The van der Waals surface area contributed by atoms with Crippen molar-refractivity contribution in [2.75, 3.05) is 12.3 Å². The minimum absolute atomic E-state index is 0.0749. The van der Waals surface area contributed by atoms with Crippen LogP contribution in [0.1, 0.15) is 65.3 Å².